The average molecular weight is 577 g/mol. The van der Waals surface area contributed by atoms with Gasteiger partial charge in [0.1, 0.15) is 17.0 Å². The molecule has 0 fully saturated rings. The van der Waals surface area contributed by atoms with Crippen LogP contribution in [0.4, 0.5) is 5.69 Å². The SMILES string of the molecule is O=C(COc1ccc(Br)cc1)NC(=S)Nc1ccc2oc(-c3ccc(O)c(Br)c3)nc2c1. The van der Waals surface area contributed by atoms with Crippen LogP contribution in [-0.4, -0.2) is 27.7 Å². The lowest BCUT2D eigenvalue weighted by molar-refractivity contribution is -0.121. The van der Waals surface area contributed by atoms with Gasteiger partial charge in [-0.3, -0.25) is 10.1 Å². The third-order valence-electron chi connectivity index (χ3n) is 4.28. The van der Waals surface area contributed by atoms with E-state index in [1.54, 1.807) is 48.5 Å². The van der Waals surface area contributed by atoms with Gasteiger partial charge in [0.15, 0.2) is 17.3 Å². The van der Waals surface area contributed by atoms with E-state index in [0.717, 1.165) is 4.47 Å². The molecule has 0 aliphatic carbocycles. The van der Waals surface area contributed by atoms with Crippen molar-refractivity contribution < 1.29 is 19.1 Å². The quantitative estimate of drug-likeness (QED) is 0.265. The topological polar surface area (TPSA) is 96.6 Å². The Morgan fingerprint density at radius 3 is 2.62 bits per heavy atom. The van der Waals surface area contributed by atoms with E-state index < -0.39 is 0 Å². The molecule has 4 rings (SSSR count). The number of benzene rings is 3. The number of anilines is 1. The van der Waals surface area contributed by atoms with Crippen molar-refractivity contribution in [2.45, 2.75) is 0 Å². The third-order valence-corrected chi connectivity index (χ3v) is 5.64. The highest BCUT2D eigenvalue weighted by molar-refractivity contribution is 9.10. The summed E-state index contributed by atoms with van der Waals surface area (Å²) in [5.74, 6) is 0.747. The molecular formula is C22H15Br2N3O4S. The summed E-state index contributed by atoms with van der Waals surface area (Å²) in [6.07, 6.45) is 0. The van der Waals surface area contributed by atoms with Gasteiger partial charge >= 0.3 is 0 Å². The number of halogens is 2. The zero-order valence-corrected chi connectivity index (χ0v) is 20.3. The number of aromatic hydroxyl groups is 1. The molecule has 3 N–H and O–H groups in total. The largest absolute Gasteiger partial charge is 0.507 e. The fraction of sp³-hybridized carbons (Fsp3) is 0.0455. The van der Waals surface area contributed by atoms with Crippen LogP contribution in [0.2, 0.25) is 0 Å². The third kappa shape index (κ3) is 5.45. The Labute approximate surface area is 205 Å². The number of thiocarbonyl (C=S) groups is 1. The van der Waals surface area contributed by atoms with Gasteiger partial charge in [0.25, 0.3) is 5.91 Å². The van der Waals surface area contributed by atoms with Crippen LogP contribution in [-0.2, 0) is 4.79 Å². The number of nitrogens with one attached hydrogen (secondary N) is 2. The lowest BCUT2D eigenvalue weighted by atomic mass is 10.2. The molecule has 1 aromatic heterocycles. The molecule has 3 aromatic carbocycles. The highest BCUT2D eigenvalue weighted by atomic mass is 79.9. The number of carbonyl (C=O) groups is 1. The Hall–Kier alpha value is -2.95. The van der Waals surface area contributed by atoms with Gasteiger partial charge in [0.2, 0.25) is 5.89 Å². The number of hydrogen-bond donors (Lipinski definition) is 3. The maximum Gasteiger partial charge on any atom is 0.264 e. The van der Waals surface area contributed by atoms with Crippen molar-refractivity contribution in [2.75, 3.05) is 11.9 Å². The number of phenols is 1. The molecule has 10 heteroatoms. The second kappa shape index (κ2) is 9.68. The van der Waals surface area contributed by atoms with E-state index in [9.17, 15) is 9.90 Å². The molecule has 0 spiro atoms. The number of hydrogen-bond acceptors (Lipinski definition) is 6. The number of phenolic OH excluding ortho intramolecular Hbond substituents is 1. The van der Waals surface area contributed by atoms with E-state index >= 15 is 0 Å². The van der Waals surface area contributed by atoms with E-state index in [4.69, 9.17) is 21.4 Å². The smallest absolute Gasteiger partial charge is 0.264 e. The van der Waals surface area contributed by atoms with Gasteiger partial charge < -0.3 is 19.6 Å². The Kier molecular flexibility index (Phi) is 6.73. The Balaban J connectivity index is 1.37. The maximum absolute atomic E-state index is 12.1. The number of nitrogens with zero attached hydrogens (tertiary/aromatic N) is 1. The summed E-state index contributed by atoms with van der Waals surface area (Å²) in [6.45, 7) is -0.169. The average Bonchev–Trinajstić information content (AvgIpc) is 3.18. The molecule has 4 aromatic rings. The van der Waals surface area contributed by atoms with Crippen LogP contribution in [0, 0.1) is 0 Å². The van der Waals surface area contributed by atoms with E-state index in [2.05, 4.69) is 47.5 Å². The molecule has 0 atom stereocenters. The van der Waals surface area contributed by atoms with E-state index in [1.807, 2.05) is 12.1 Å². The Morgan fingerprint density at radius 2 is 1.88 bits per heavy atom. The number of oxazole rings is 1. The predicted molar refractivity (Wildman–Crippen MR) is 133 cm³/mol. The Bertz CT molecular complexity index is 1310. The minimum atomic E-state index is -0.381. The van der Waals surface area contributed by atoms with Crippen molar-refractivity contribution in [1.29, 1.82) is 0 Å². The van der Waals surface area contributed by atoms with Gasteiger partial charge in [0.05, 0.1) is 4.47 Å². The van der Waals surface area contributed by atoms with E-state index in [-0.39, 0.29) is 23.4 Å². The van der Waals surface area contributed by atoms with Crippen LogP contribution in [0.5, 0.6) is 11.5 Å². The molecule has 0 bridgehead atoms. The van der Waals surface area contributed by atoms with E-state index in [1.165, 1.54) is 0 Å². The van der Waals surface area contributed by atoms with Crippen molar-refractivity contribution in [3.63, 3.8) is 0 Å². The number of carbonyl (C=O) groups excluding carboxylic acids is 1. The molecule has 0 unspecified atom stereocenters. The number of aromatic nitrogens is 1. The molecule has 0 radical (unpaired) electrons. The lowest BCUT2D eigenvalue weighted by Crippen LogP contribution is -2.37. The molecule has 32 heavy (non-hydrogen) atoms. The molecule has 1 heterocycles. The zero-order chi connectivity index (χ0) is 22.7. The van der Waals surface area contributed by atoms with Gasteiger partial charge in [-0.05, 0) is 88.8 Å². The van der Waals surface area contributed by atoms with Crippen LogP contribution in [0.15, 0.2) is 74.0 Å². The normalized spacial score (nSPS) is 10.7. The second-order valence-electron chi connectivity index (χ2n) is 6.61. The summed E-state index contributed by atoms with van der Waals surface area (Å²) >= 11 is 11.8. The van der Waals surface area contributed by atoms with Crippen LogP contribution < -0.4 is 15.4 Å². The van der Waals surface area contributed by atoms with Crippen LogP contribution in [0.25, 0.3) is 22.6 Å². The van der Waals surface area contributed by atoms with Gasteiger partial charge in [-0.15, -0.1) is 0 Å². The van der Waals surface area contributed by atoms with Crippen molar-refractivity contribution in [2.24, 2.45) is 0 Å². The molecule has 0 saturated carbocycles. The summed E-state index contributed by atoms with van der Waals surface area (Å²) in [7, 11) is 0. The van der Waals surface area contributed by atoms with Crippen molar-refractivity contribution >= 4 is 71.9 Å². The monoisotopic (exact) mass is 575 g/mol. The number of fused-ring (bicyclic) bond motifs is 1. The molecular weight excluding hydrogens is 562 g/mol. The van der Waals surface area contributed by atoms with E-state index in [0.29, 0.717) is 38.5 Å². The molecule has 0 aliphatic heterocycles. The molecule has 0 saturated heterocycles. The molecule has 1 amide bonds. The summed E-state index contributed by atoms with van der Waals surface area (Å²) < 4.78 is 12.7. The molecule has 7 nitrogen and oxygen atoms in total. The Morgan fingerprint density at radius 1 is 1.09 bits per heavy atom. The van der Waals surface area contributed by atoms with Gasteiger partial charge in [-0.1, -0.05) is 15.9 Å². The first kappa shape index (κ1) is 22.3. The summed E-state index contributed by atoms with van der Waals surface area (Å²) in [5, 5.41) is 15.3. The minimum absolute atomic E-state index is 0.133. The first-order chi connectivity index (χ1) is 15.4. The second-order valence-corrected chi connectivity index (χ2v) is 8.79. The highest BCUT2D eigenvalue weighted by Crippen LogP contribution is 2.31. The summed E-state index contributed by atoms with van der Waals surface area (Å²) in [4.78, 5) is 16.6. The standard InChI is InChI=1S/C22H15Br2N3O4S/c23-13-2-5-15(6-3-13)30-11-20(29)27-22(32)25-14-4-8-19-17(10-14)26-21(31-19)12-1-7-18(28)16(24)9-12/h1-10,28H,11H2,(H2,25,27,29,32). The fourth-order valence-electron chi connectivity index (χ4n) is 2.77. The molecule has 162 valence electrons. The van der Waals surface area contributed by atoms with Crippen molar-refractivity contribution in [3.8, 4) is 23.0 Å². The lowest BCUT2D eigenvalue weighted by Gasteiger charge is -2.10. The number of amides is 1. The summed E-state index contributed by atoms with van der Waals surface area (Å²) in [5.41, 5.74) is 2.56. The molecule has 0 aliphatic rings. The van der Waals surface area contributed by atoms with Crippen molar-refractivity contribution in [3.05, 3.63) is 69.6 Å². The van der Waals surface area contributed by atoms with Crippen molar-refractivity contribution in [1.82, 2.24) is 10.3 Å². The first-order valence-electron chi connectivity index (χ1n) is 9.26. The van der Waals surface area contributed by atoms with Crippen LogP contribution >= 0.6 is 44.1 Å². The fourth-order valence-corrected chi connectivity index (χ4v) is 3.65. The summed E-state index contributed by atoms with van der Waals surface area (Å²) in [6, 6.07) is 17.4. The van der Waals surface area contributed by atoms with Gasteiger partial charge in [-0.25, -0.2) is 4.98 Å². The zero-order valence-electron chi connectivity index (χ0n) is 16.3. The highest BCUT2D eigenvalue weighted by Gasteiger charge is 2.12. The van der Waals surface area contributed by atoms with Gasteiger partial charge in [0, 0.05) is 15.7 Å². The maximum atomic E-state index is 12.1. The predicted octanol–water partition coefficient (Wildman–Crippen LogP) is 5.62. The van der Waals surface area contributed by atoms with Gasteiger partial charge in [-0.2, -0.15) is 0 Å². The number of rotatable bonds is 5. The minimum Gasteiger partial charge on any atom is -0.507 e. The van der Waals surface area contributed by atoms with Crippen LogP contribution in [0.1, 0.15) is 0 Å². The number of ether oxygens (including phenoxy) is 1. The first-order valence-corrected chi connectivity index (χ1v) is 11.3. The van der Waals surface area contributed by atoms with Crippen LogP contribution in [0.3, 0.4) is 0 Å².